The summed E-state index contributed by atoms with van der Waals surface area (Å²) in [5.41, 5.74) is 21.8. The molecule has 10 N–H and O–H groups in total. The van der Waals surface area contributed by atoms with Gasteiger partial charge < -0.3 is 52.5 Å². The molecule has 1 aliphatic heterocycles. The van der Waals surface area contributed by atoms with E-state index in [9.17, 15) is 28.0 Å². The first-order chi connectivity index (χ1) is 32.6. The summed E-state index contributed by atoms with van der Waals surface area (Å²) in [6.07, 6.45) is 5.48. The number of nitrogens with two attached hydrogens (primary N) is 3. The molecule has 0 fully saturated rings. The number of aromatic nitrogens is 2. The summed E-state index contributed by atoms with van der Waals surface area (Å²) < 4.78 is 40.9. The number of benzene rings is 4. The fraction of sp³-hybridized carbons (Fsp3) is 0.392. The van der Waals surface area contributed by atoms with Crippen LogP contribution >= 0.6 is 0 Å². The molecule has 0 spiro atoms. The number of halogens is 2. The Bertz CT molecular complexity index is 2460. The van der Waals surface area contributed by atoms with E-state index in [2.05, 4.69) is 64.0 Å². The maximum absolute atomic E-state index is 14.4. The zero-order valence-corrected chi connectivity index (χ0v) is 39.5. The topological polar surface area (TPSA) is 233 Å². The number of fused-ring (bicyclic) bond motifs is 5. The number of H-pyrrole nitrogens is 1. The minimum Gasteiger partial charge on any atom is -0.492 e. The molecule has 0 radical (unpaired) electrons. The maximum Gasteiger partial charge on any atom is 0.286 e. The summed E-state index contributed by atoms with van der Waals surface area (Å²) in [6.45, 7) is 7.50. The van der Waals surface area contributed by atoms with Crippen molar-refractivity contribution in [1.82, 2.24) is 30.8 Å². The molecule has 4 amide bonds. The minimum atomic E-state index is -3.23. The molecule has 1 aromatic heterocycles. The zero-order valence-electron chi connectivity index (χ0n) is 39.5. The summed E-state index contributed by atoms with van der Waals surface area (Å²) in [6, 6.07) is 22.3. The van der Waals surface area contributed by atoms with E-state index >= 15 is 0 Å². The van der Waals surface area contributed by atoms with Crippen molar-refractivity contribution < 1.29 is 37.4 Å². The fourth-order valence-electron chi connectivity index (χ4n) is 7.41. The fourth-order valence-corrected chi connectivity index (χ4v) is 7.41. The van der Waals surface area contributed by atoms with Crippen LogP contribution in [-0.2, 0) is 33.1 Å². The number of carbonyl (C=O) groups excluding carboxylic acids is 4. The van der Waals surface area contributed by atoms with Gasteiger partial charge in [-0.05, 0) is 103 Å². The Balaban J connectivity index is 0.00000208. The molecular formula is C51H65F2N9O6. The average molecular weight is 938 g/mol. The van der Waals surface area contributed by atoms with E-state index in [-0.39, 0.29) is 38.5 Å². The molecule has 2 unspecified atom stereocenters. The van der Waals surface area contributed by atoms with Crippen LogP contribution < -0.4 is 42.6 Å². The summed E-state index contributed by atoms with van der Waals surface area (Å²) in [4.78, 5) is 63.6. The Morgan fingerprint density at radius 2 is 1.43 bits per heavy atom. The third-order valence-corrected chi connectivity index (χ3v) is 11.3. The molecule has 5 aromatic rings. The smallest absolute Gasteiger partial charge is 0.286 e. The Labute approximate surface area is 396 Å². The first-order valence-corrected chi connectivity index (χ1v) is 23.0. The lowest BCUT2D eigenvalue weighted by Crippen LogP contribution is -2.51. The Morgan fingerprint density at radius 1 is 0.824 bits per heavy atom. The van der Waals surface area contributed by atoms with Crippen LogP contribution in [0.4, 0.5) is 8.78 Å². The summed E-state index contributed by atoms with van der Waals surface area (Å²) in [5.74, 6) is -4.79. The first-order valence-electron chi connectivity index (χ1n) is 23.0. The van der Waals surface area contributed by atoms with Gasteiger partial charge in [0, 0.05) is 43.8 Å². The van der Waals surface area contributed by atoms with E-state index in [1.54, 1.807) is 42.5 Å². The number of hydrogen-bond acceptors (Lipinski definition) is 10. The molecule has 15 nitrogen and oxygen atoms in total. The lowest BCUT2D eigenvalue weighted by Gasteiger charge is -2.30. The van der Waals surface area contributed by atoms with Gasteiger partial charge in [0.05, 0.1) is 18.8 Å². The molecule has 3 atom stereocenters. The molecule has 1 aliphatic rings. The van der Waals surface area contributed by atoms with Gasteiger partial charge in [0.25, 0.3) is 11.8 Å². The van der Waals surface area contributed by atoms with Crippen LogP contribution in [0.2, 0.25) is 0 Å². The molecule has 0 saturated carbocycles. The highest BCUT2D eigenvalue weighted by molar-refractivity contribution is 5.98. The molecule has 6 rings (SSSR count). The van der Waals surface area contributed by atoms with Crippen LogP contribution in [-0.4, -0.2) is 91.0 Å². The van der Waals surface area contributed by atoms with Crippen molar-refractivity contribution >= 4 is 23.6 Å². The van der Waals surface area contributed by atoms with E-state index in [1.165, 1.54) is 24.4 Å². The first kappa shape index (κ1) is 52.3. The Morgan fingerprint density at radius 3 is 2.00 bits per heavy atom. The summed E-state index contributed by atoms with van der Waals surface area (Å²) >= 11 is 0. The van der Waals surface area contributed by atoms with Crippen molar-refractivity contribution in [3.05, 3.63) is 125 Å². The molecular weight excluding hydrogens is 873 g/mol. The van der Waals surface area contributed by atoms with Gasteiger partial charge in [0.2, 0.25) is 17.7 Å². The molecule has 2 heterocycles. The van der Waals surface area contributed by atoms with Crippen LogP contribution in [0.25, 0.3) is 22.3 Å². The van der Waals surface area contributed by atoms with Gasteiger partial charge >= 0.3 is 0 Å². The number of aryl methyl sites for hydroxylation is 1. The number of ether oxygens (including phenoxy) is 2. The summed E-state index contributed by atoms with van der Waals surface area (Å²) in [5, 5.41) is 8.26. The molecule has 4 bridgehead atoms. The number of likely N-dealkylation sites (N-methyl/N-ethyl adjacent to an activating group) is 1. The number of aromatic amines is 1. The highest BCUT2D eigenvalue weighted by Crippen LogP contribution is 2.40. The molecule has 0 saturated heterocycles. The highest BCUT2D eigenvalue weighted by atomic mass is 19.3. The van der Waals surface area contributed by atoms with Gasteiger partial charge in [-0.3, -0.25) is 19.2 Å². The number of imidazole rings is 1. The van der Waals surface area contributed by atoms with Crippen molar-refractivity contribution in [2.24, 2.45) is 17.2 Å². The standard InChI is InChI=1S/C48H56F2N8O6.C3H9N/c1-5-6-7-30-8-11-32(12-9-30)33-13-15-34(16-14-33)46(61)54-28-42(59)58(4)43-35-17-19-40(64-23-21-52)37(26-35)36-24-31(10-18-39(36)63-22-20-51)25-38(56-45(60)29(2)55-47(43)62)44-53-27-41(57-44)48(3,49)50;1-2-3-4/h8-19,24,26-27,29,38,43H,5-7,20-23,25,28,51-52H2,1-4H3,(H,53,57)(H,54,61)(H,55,62)(H,56,60);2-4H2,1H3/t29-,38?,43?;/m0./s1. The van der Waals surface area contributed by atoms with Gasteiger partial charge in [-0.25, -0.2) is 4.98 Å². The van der Waals surface area contributed by atoms with Crippen LogP contribution in [0.5, 0.6) is 11.5 Å². The zero-order chi connectivity index (χ0) is 49.4. The van der Waals surface area contributed by atoms with Gasteiger partial charge in [0.15, 0.2) is 0 Å². The Hall–Kier alpha value is -6.69. The minimum absolute atomic E-state index is 0.0723. The molecule has 0 aliphatic carbocycles. The number of carbonyl (C=O) groups is 4. The number of amides is 4. The maximum atomic E-state index is 14.4. The Kier molecular flexibility index (Phi) is 19.1. The van der Waals surface area contributed by atoms with Crippen molar-refractivity contribution in [3.8, 4) is 33.8 Å². The van der Waals surface area contributed by atoms with E-state index in [4.69, 9.17) is 26.7 Å². The lowest BCUT2D eigenvalue weighted by atomic mass is 9.93. The third kappa shape index (κ3) is 13.9. The summed E-state index contributed by atoms with van der Waals surface area (Å²) in [7, 11) is 1.43. The lowest BCUT2D eigenvalue weighted by molar-refractivity contribution is -0.139. The number of rotatable bonds is 17. The molecule has 364 valence electrons. The van der Waals surface area contributed by atoms with E-state index in [1.807, 2.05) is 18.2 Å². The predicted molar refractivity (Wildman–Crippen MR) is 259 cm³/mol. The third-order valence-electron chi connectivity index (χ3n) is 11.3. The van der Waals surface area contributed by atoms with E-state index < -0.39 is 59.9 Å². The van der Waals surface area contributed by atoms with Crippen molar-refractivity contribution in [2.45, 2.75) is 83.8 Å². The van der Waals surface area contributed by atoms with Gasteiger partial charge in [-0.1, -0.05) is 68.8 Å². The number of nitrogens with one attached hydrogen (secondary N) is 4. The van der Waals surface area contributed by atoms with Crippen LogP contribution in [0, 0.1) is 0 Å². The number of unbranched alkanes of at least 4 members (excludes halogenated alkanes) is 1. The second kappa shape index (κ2) is 24.9. The second-order valence-electron chi connectivity index (χ2n) is 16.7. The largest absolute Gasteiger partial charge is 0.492 e. The van der Waals surface area contributed by atoms with E-state index in [0.717, 1.165) is 56.5 Å². The van der Waals surface area contributed by atoms with E-state index in [0.29, 0.717) is 39.3 Å². The highest BCUT2D eigenvalue weighted by Gasteiger charge is 2.34. The van der Waals surface area contributed by atoms with Crippen molar-refractivity contribution in [2.75, 3.05) is 46.4 Å². The van der Waals surface area contributed by atoms with Crippen LogP contribution in [0.15, 0.2) is 91.1 Å². The monoisotopic (exact) mass is 938 g/mol. The van der Waals surface area contributed by atoms with Gasteiger partial charge in [0.1, 0.15) is 48.3 Å². The number of alkyl halides is 2. The number of nitrogens with zero attached hydrogens (tertiary/aromatic N) is 2. The van der Waals surface area contributed by atoms with Crippen LogP contribution in [0.3, 0.4) is 0 Å². The quantitative estimate of drug-likeness (QED) is 0.0568. The average Bonchev–Trinajstić information content (AvgIpc) is 3.86. The predicted octanol–water partition coefficient (Wildman–Crippen LogP) is 6.08. The SMILES string of the molecule is CCCCc1ccc(-c2ccc(C(=O)NCC(=O)N(C)C3C(=O)N[C@@H](C)C(=O)NC(c4ncc(C(C)(F)F)[nH]4)Cc4ccc(OCCN)c(c4)-c4cc3ccc4OCCN)cc2)cc1.CCCN. The second-order valence-corrected chi connectivity index (χ2v) is 16.7. The molecule has 17 heteroatoms. The molecule has 68 heavy (non-hydrogen) atoms. The van der Waals surface area contributed by atoms with Gasteiger partial charge in [-0.15, -0.1) is 0 Å². The molecule has 4 aromatic carbocycles. The normalized spacial score (nSPS) is 16.0. The van der Waals surface area contributed by atoms with Crippen molar-refractivity contribution in [1.29, 1.82) is 0 Å². The number of hydrogen-bond donors (Lipinski definition) is 7. The van der Waals surface area contributed by atoms with Crippen LogP contribution in [0.1, 0.15) is 97.6 Å². The van der Waals surface area contributed by atoms with Crippen molar-refractivity contribution in [3.63, 3.8) is 0 Å². The van der Waals surface area contributed by atoms with Gasteiger partial charge in [-0.2, -0.15) is 8.78 Å².